The summed E-state index contributed by atoms with van der Waals surface area (Å²) in [7, 11) is 0. The number of likely N-dealkylation sites (tertiary alicyclic amines) is 1. The summed E-state index contributed by atoms with van der Waals surface area (Å²) in [6, 6.07) is 5.45. The predicted octanol–water partition coefficient (Wildman–Crippen LogP) is 2.18. The number of nitrogens with two attached hydrogens (primary N) is 1. The molecule has 1 unspecified atom stereocenters. The van der Waals surface area contributed by atoms with Gasteiger partial charge < -0.3 is 15.4 Å². The molecule has 1 atom stereocenters. The third kappa shape index (κ3) is 5.24. The number of piperazine rings is 1. The fourth-order valence-corrected chi connectivity index (χ4v) is 5.18. The van der Waals surface area contributed by atoms with Crippen molar-refractivity contribution in [2.45, 2.75) is 30.5 Å². The lowest BCUT2D eigenvalue weighted by Gasteiger charge is -2.45. The SMILES string of the molecule is NCC1(c2ccccc2C(F)(F)F)CCN(C(C=O)CN2CCN(c3cnccn3)CC2)CC1. The van der Waals surface area contributed by atoms with Crippen LogP contribution in [0.2, 0.25) is 0 Å². The molecule has 2 fully saturated rings. The molecular formula is C24H31F3N6O. The molecule has 10 heteroatoms. The lowest BCUT2D eigenvalue weighted by molar-refractivity contribution is -0.139. The van der Waals surface area contributed by atoms with Crippen LogP contribution in [-0.2, 0) is 16.4 Å². The molecule has 0 amide bonds. The minimum Gasteiger partial charge on any atom is -0.353 e. The van der Waals surface area contributed by atoms with Crippen LogP contribution in [-0.4, -0.2) is 84.5 Å². The van der Waals surface area contributed by atoms with Crippen molar-refractivity contribution in [3.05, 3.63) is 54.0 Å². The monoisotopic (exact) mass is 476 g/mol. The molecule has 7 nitrogen and oxygen atoms in total. The van der Waals surface area contributed by atoms with Crippen LogP contribution in [0.5, 0.6) is 0 Å². The van der Waals surface area contributed by atoms with Gasteiger partial charge in [-0.15, -0.1) is 0 Å². The molecule has 0 saturated carbocycles. The highest BCUT2D eigenvalue weighted by molar-refractivity contribution is 5.58. The second-order valence-corrected chi connectivity index (χ2v) is 9.12. The van der Waals surface area contributed by atoms with Gasteiger partial charge in [0.2, 0.25) is 0 Å². The molecule has 1 aromatic carbocycles. The zero-order chi connectivity index (χ0) is 24.2. The first-order valence-electron chi connectivity index (χ1n) is 11.7. The van der Waals surface area contributed by atoms with Gasteiger partial charge in [-0.2, -0.15) is 13.2 Å². The van der Waals surface area contributed by atoms with Crippen molar-refractivity contribution in [2.24, 2.45) is 5.73 Å². The molecular weight excluding hydrogens is 445 g/mol. The van der Waals surface area contributed by atoms with E-state index in [0.717, 1.165) is 44.3 Å². The molecule has 3 heterocycles. The third-order valence-electron chi connectivity index (χ3n) is 7.27. The summed E-state index contributed by atoms with van der Waals surface area (Å²) in [6.45, 7) is 5.03. The third-order valence-corrected chi connectivity index (χ3v) is 7.27. The van der Waals surface area contributed by atoms with Gasteiger partial charge in [0.25, 0.3) is 0 Å². The molecule has 2 aliphatic rings. The van der Waals surface area contributed by atoms with Crippen LogP contribution >= 0.6 is 0 Å². The van der Waals surface area contributed by atoms with E-state index in [4.69, 9.17) is 5.73 Å². The van der Waals surface area contributed by atoms with Crippen molar-refractivity contribution in [3.8, 4) is 0 Å². The van der Waals surface area contributed by atoms with E-state index in [2.05, 4.69) is 24.7 Å². The Morgan fingerprint density at radius 3 is 2.35 bits per heavy atom. The number of hydrogen-bond acceptors (Lipinski definition) is 7. The van der Waals surface area contributed by atoms with E-state index >= 15 is 0 Å². The molecule has 0 bridgehead atoms. The van der Waals surface area contributed by atoms with Gasteiger partial charge in [-0.25, -0.2) is 4.98 Å². The van der Waals surface area contributed by atoms with Crippen LogP contribution in [0.1, 0.15) is 24.0 Å². The van der Waals surface area contributed by atoms with E-state index in [0.29, 0.717) is 32.5 Å². The number of nitrogens with zero attached hydrogens (tertiary/aromatic N) is 5. The largest absolute Gasteiger partial charge is 0.416 e. The zero-order valence-corrected chi connectivity index (χ0v) is 19.1. The zero-order valence-electron chi connectivity index (χ0n) is 19.1. The Balaban J connectivity index is 1.37. The van der Waals surface area contributed by atoms with E-state index < -0.39 is 17.2 Å². The maximum absolute atomic E-state index is 13.7. The van der Waals surface area contributed by atoms with Crippen LogP contribution in [0, 0.1) is 0 Å². The van der Waals surface area contributed by atoms with Crippen LogP contribution in [0.4, 0.5) is 19.0 Å². The molecule has 1 aromatic heterocycles. The number of halogens is 3. The highest BCUT2D eigenvalue weighted by Gasteiger charge is 2.43. The van der Waals surface area contributed by atoms with E-state index in [9.17, 15) is 18.0 Å². The normalized spacial score (nSPS) is 20.8. The number of aromatic nitrogens is 2. The first kappa shape index (κ1) is 24.6. The number of piperidine rings is 1. The smallest absolute Gasteiger partial charge is 0.353 e. The highest BCUT2D eigenvalue weighted by atomic mass is 19.4. The first-order chi connectivity index (χ1) is 16.4. The molecule has 0 aliphatic carbocycles. The standard InChI is InChI=1S/C24H31F3N6O/c25-24(26,27)21-4-2-1-3-20(21)23(18-28)5-9-32(10-6-23)19(17-34)16-31-11-13-33(14-12-31)22-15-29-7-8-30-22/h1-4,7-8,15,17,19H,5-6,9-14,16,18,28H2. The van der Waals surface area contributed by atoms with Gasteiger partial charge in [-0.05, 0) is 37.6 Å². The molecule has 184 valence electrons. The topological polar surface area (TPSA) is 78.6 Å². The molecule has 2 saturated heterocycles. The molecule has 0 spiro atoms. The Bertz CT molecular complexity index is 941. The van der Waals surface area contributed by atoms with E-state index in [1.807, 2.05) is 0 Å². The Labute approximate surface area is 197 Å². The van der Waals surface area contributed by atoms with Crippen LogP contribution in [0.25, 0.3) is 0 Å². The fraction of sp³-hybridized carbons (Fsp3) is 0.542. The molecule has 0 radical (unpaired) electrons. The average Bonchev–Trinajstić information content (AvgIpc) is 2.88. The summed E-state index contributed by atoms with van der Waals surface area (Å²) in [4.78, 5) is 27.0. The Morgan fingerprint density at radius 1 is 1.06 bits per heavy atom. The number of alkyl halides is 3. The number of aldehydes is 1. The number of hydrogen-bond donors (Lipinski definition) is 1. The van der Waals surface area contributed by atoms with Crippen molar-refractivity contribution < 1.29 is 18.0 Å². The van der Waals surface area contributed by atoms with Crippen molar-refractivity contribution >= 4 is 12.1 Å². The van der Waals surface area contributed by atoms with E-state index in [1.165, 1.54) is 6.07 Å². The molecule has 4 rings (SSSR count). The van der Waals surface area contributed by atoms with Gasteiger partial charge in [0.1, 0.15) is 12.1 Å². The molecule has 34 heavy (non-hydrogen) atoms. The summed E-state index contributed by atoms with van der Waals surface area (Å²) >= 11 is 0. The number of anilines is 1. The fourth-order valence-electron chi connectivity index (χ4n) is 5.18. The van der Waals surface area contributed by atoms with Crippen LogP contribution < -0.4 is 10.6 Å². The molecule has 2 aliphatic heterocycles. The summed E-state index contributed by atoms with van der Waals surface area (Å²) < 4.78 is 41.0. The predicted molar refractivity (Wildman–Crippen MR) is 124 cm³/mol. The number of rotatable bonds is 7. The summed E-state index contributed by atoms with van der Waals surface area (Å²) in [5.74, 6) is 0.849. The lowest BCUT2D eigenvalue weighted by Crippen LogP contribution is -2.55. The minimum absolute atomic E-state index is 0.143. The Hall–Kier alpha value is -2.56. The highest BCUT2D eigenvalue weighted by Crippen LogP contribution is 2.42. The van der Waals surface area contributed by atoms with Crippen molar-refractivity contribution in [2.75, 3.05) is 57.3 Å². The van der Waals surface area contributed by atoms with Gasteiger partial charge in [0.15, 0.2) is 0 Å². The molecule has 2 aromatic rings. The van der Waals surface area contributed by atoms with Gasteiger partial charge in [-0.1, -0.05) is 18.2 Å². The maximum atomic E-state index is 13.7. The summed E-state index contributed by atoms with van der Waals surface area (Å²) in [5, 5.41) is 0. The van der Waals surface area contributed by atoms with E-state index in [-0.39, 0.29) is 18.2 Å². The van der Waals surface area contributed by atoms with Crippen LogP contribution in [0.3, 0.4) is 0 Å². The lowest BCUT2D eigenvalue weighted by atomic mass is 9.71. The van der Waals surface area contributed by atoms with Gasteiger partial charge in [-0.3, -0.25) is 14.8 Å². The Morgan fingerprint density at radius 2 is 1.76 bits per heavy atom. The van der Waals surface area contributed by atoms with Gasteiger partial charge in [0, 0.05) is 57.1 Å². The molecule has 2 N–H and O–H groups in total. The quantitative estimate of drug-likeness (QED) is 0.614. The second kappa shape index (κ2) is 10.4. The number of carbonyl (C=O) groups excluding carboxylic acids is 1. The number of benzene rings is 1. The van der Waals surface area contributed by atoms with Gasteiger partial charge in [0.05, 0.1) is 17.8 Å². The average molecular weight is 477 g/mol. The van der Waals surface area contributed by atoms with Crippen LogP contribution in [0.15, 0.2) is 42.9 Å². The number of carbonyl (C=O) groups is 1. The van der Waals surface area contributed by atoms with Crippen molar-refractivity contribution in [1.29, 1.82) is 0 Å². The minimum atomic E-state index is -4.42. The van der Waals surface area contributed by atoms with E-state index in [1.54, 1.807) is 30.7 Å². The summed E-state index contributed by atoms with van der Waals surface area (Å²) in [6.07, 6.45) is 2.59. The maximum Gasteiger partial charge on any atom is 0.416 e. The van der Waals surface area contributed by atoms with Crippen molar-refractivity contribution in [1.82, 2.24) is 19.8 Å². The van der Waals surface area contributed by atoms with Gasteiger partial charge >= 0.3 is 6.18 Å². The van der Waals surface area contributed by atoms with Crippen molar-refractivity contribution in [3.63, 3.8) is 0 Å². The second-order valence-electron chi connectivity index (χ2n) is 9.12. The summed E-state index contributed by atoms with van der Waals surface area (Å²) in [5.41, 5.74) is 4.99. The Kier molecular flexibility index (Phi) is 7.49. The first-order valence-corrected chi connectivity index (χ1v) is 11.7.